The first-order valence-electron chi connectivity index (χ1n) is 12.7. The van der Waals surface area contributed by atoms with Gasteiger partial charge < -0.3 is 0 Å². The number of unbranched alkanes of at least 4 members (excludes halogenated alkanes) is 8. The minimum absolute atomic E-state index is 0.700. The Hall–Kier alpha value is -1.80. The smallest absolute Gasteiger partial charge is 0.101 e. The molecule has 0 aliphatic rings. The summed E-state index contributed by atoms with van der Waals surface area (Å²) >= 11 is 0. The summed E-state index contributed by atoms with van der Waals surface area (Å²) in [4.78, 5) is 0. The molecule has 0 amide bonds. The van der Waals surface area contributed by atoms with Crippen LogP contribution in [0.5, 0.6) is 0 Å². The maximum atomic E-state index is 10.1. The molecule has 0 radical (unpaired) electrons. The highest BCUT2D eigenvalue weighted by Crippen LogP contribution is 2.33. The fourth-order valence-electron chi connectivity index (χ4n) is 4.58. The van der Waals surface area contributed by atoms with Crippen LogP contribution in [0.15, 0.2) is 0 Å². The minimum atomic E-state index is 0.700. The van der Waals surface area contributed by atoms with E-state index in [4.69, 9.17) is 0 Å². The summed E-state index contributed by atoms with van der Waals surface area (Å²) in [6, 6.07) is 4.95. The quantitative estimate of drug-likeness (QED) is 0.258. The Labute approximate surface area is 186 Å². The van der Waals surface area contributed by atoms with E-state index in [2.05, 4.69) is 39.8 Å². The van der Waals surface area contributed by atoms with Crippen molar-refractivity contribution in [2.75, 3.05) is 0 Å². The average molecular weight is 409 g/mol. The Kier molecular flexibility index (Phi) is 14.0. The van der Waals surface area contributed by atoms with Crippen LogP contribution < -0.4 is 0 Å². The van der Waals surface area contributed by atoms with E-state index in [1.807, 2.05) is 0 Å². The van der Waals surface area contributed by atoms with E-state index in [1.165, 1.54) is 86.5 Å². The topological polar surface area (TPSA) is 47.6 Å². The molecule has 0 spiro atoms. The van der Waals surface area contributed by atoms with Crippen molar-refractivity contribution in [3.8, 4) is 12.1 Å². The molecule has 166 valence electrons. The minimum Gasteiger partial charge on any atom is -0.192 e. The molecule has 0 saturated carbocycles. The molecule has 0 aromatic heterocycles. The lowest BCUT2D eigenvalue weighted by molar-refractivity contribution is 0.665. The summed E-state index contributed by atoms with van der Waals surface area (Å²) in [7, 11) is 0. The summed E-state index contributed by atoms with van der Waals surface area (Å²) in [6.07, 6.45) is 18.2. The molecule has 0 aliphatic heterocycles. The van der Waals surface area contributed by atoms with E-state index >= 15 is 0 Å². The normalized spacial score (nSPS) is 10.7. The van der Waals surface area contributed by atoms with Gasteiger partial charge >= 0.3 is 0 Å². The number of nitrogens with zero attached hydrogens (tertiary/aromatic N) is 2. The third-order valence-corrected chi connectivity index (χ3v) is 6.29. The van der Waals surface area contributed by atoms with Crippen LogP contribution in [0, 0.1) is 22.7 Å². The summed E-state index contributed by atoms with van der Waals surface area (Å²) in [5.74, 6) is 0. The molecule has 0 unspecified atom stereocenters. The van der Waals surface area contributed by atoms with Crippen LogP contribution >= 0.6 is 0 Å². The van der Waals surface area contributed by atoms with Crippen LogP contribution in [0.1, 0.15) is 138 Å². The van der Waals surface area contributed by atoms with Gasteiger partial charge in [0.05, 0.1) is 11.1 Å². The zero-order valence-electron chi connectivity index (χ0n) is 20.2. The fraction of sp³-hybridized carbons (Fsp3) is 0.714. The van der Waals surface area contributed by atoms with Gasteiger partial charge in [-0.1, -0.05) is 79.1 Å². The Morgan fingerprint density at radius 2 is 0.700 bits per heavy atom. The Balaban J connectivity index is 3.59. The Morgan fingerprint density at radius 1 is 0.433 bits per heavy atom. The first kappa shape index (κ1) is 26.2. The monoisotopic (exact) mass is 408 g/mol. The molecular weight excluding hydrogens is 364 g/mol. The van der Waals surface area contributed by atoms with Crippen molar-refractivity contribution >= 4 is 0 Å². The van der Waals surface area contributed by atoms with Crippen LogP contribution in [0.25, 0.3) is 0 Å². The summed E-state index contributed by atoms with van der Waals surface area (Å²) in [6.45, 7) is 8.95. The van der Waals surface area contributed by atoms with Gasteiger partial charge in [0, 0.05) is 0 Å². The molecule has 2 heteroatoms. The van der Waals surface area contributed by atoms with Crippen molar-refractivity contribution in [1.82, 2.24) is 0 Å². The zero-order valence-corrected chi connectivity index (χ0v) is 20.2. The third-order valence-electron chi connectivity index (χ3n) is 6.29. The molecule has 0 bridgehead atoms. The predicted molar refractivity (Wildman–Crippen MR) is 129 cm³/mol. The van der Waals surface area contributed by atoms with Gasteiger partial charge in [-0.2, -0.15) is 10.5 Å². The lowest BCUT2D eigenvalue weighted by atomic mass is 9.80. The lowest BCUT2D eigenvalue weighted by Crippen LogP contribution is -2.12. The van der Waals surface area contributed by atoms with Gasteiger partial charge in [-0.3, -0.25) is 0 Å². The van der Waals surface area contributed by atoms with Gasteiger partial charge in [0.1, 0.15) is 12.1 Å². The van der Waals surface area contributed by atoms with Crippen LogP contribution in [0.4, 0.5) is 0 Å². The first-order chi connectivity index (χ1) is 14.7. The number of hydrogen-bond donors (Lipinski definition) is 0. The highest BCUT2D eigenvalue weighted by Gasteiger charge is 2.23. The van der Waals surface area contributed by atoms with E-state index in [-0.39, 0.29) is 0 Å². The van der Waals surface area contributed by atoms with E-state index in [9.17, 15) is 10.5 Å². The van der Waals surface area contributed by atoms with Crippen molar-refractivity contribution < 1.29 is 0 Å². The highest BCUT2D eigenvalue weighted by atomic mass is 14.3. The molecule has 1 aromatic carbocycles. The molecule has 0 fully saturated rings. The van der Waals surface area contributed by atoms with Crippen molar-refractivity contribution in [2.24, 2.45) is 0 Å². The maximum Gasteiger partial charge on any atom is 0.101 e. The molecular formula is C28H44N2. The summed E-state index contributed by atoms with van der Waals surface area (Å²) in [5, 5.41) is 20.2. The summed E-state index contributed by atoms with van der Waals surface area (Å²) in [5.41, 5.74) is 6.71. The molecule has 0 atom stereocenters. The number of rotatable bonds is 16. The second-order valence-corrected chi connectivity index (χ2v) is 8.72. The second-order valence-electron chi connectivity index (χ2n) is 8.72. The lowest BCUT2D eigenvalue weighted by Gasteiger charge is -2.23. The van der Waals surface area contributed by atoms with Crippen LogP contribution in [-0.2, 0) is 25.7 Å². The first-order valence-corrected chi connectivity index (χ1v) is 12.7. The van der Waals surface area contributed by atoms with Crippen molar-refractivity contribution in [3.63, 3.8) is 0 Å². The van der Waals surface area contributed by atoms with Gasteiger partial charge in [0.25, 0.3) is 0 Å². The standard InChI is InChI=1S/C28H44N2/c1-5-9-13-17-23-24(18-14-10-6-2)26(20-16-12-8-4)28(22-30)27(21-29)25(23)19-15-11-7-3/h5-20H2,1-4H3. The van der Waals surface area contributed by atoms with Crippen LogP contribution in [0.2, 0.25) is 0 Å². The highest BCUT2D eigenvalue weighted by molar-refractivity contribution is 5.61. The van der Waals surface area contributed by atoms with Crippen LogP contribution in [-0.4, -0.2) is 0 Å². The molecule has 30 heavy (non-hydrogen) atoms. The van der Waals surface area contributed by atoms with Gasteiger partial charge in [-0.05, 0) is 73.6 Å². The molecule has 1 rings (SSSR count). The second kappa shape index (κ2) is 16.0. The molecule has 0 saturated heterocycles. The summed E-state index contributed by atoms with van der Waals surface area (Å²) < 4.78 is 0. The van der Waals surface area contributed by atoms with E-state index in [1.54, 1.807) is 0 Å². The SMILES string of the molecule is CCCCCc1c(C#N)c(C#N)c(CCCCC)c(CCCCC)c1CCCCC. The van der Waals surface area contributed by atoms with Gasteiger partial charge in [0.15, 0.2) is 0 Å². The average Bonchev–Trinajstić information content (AvgIpc) is 2.76. The van der Waals surface area contributed by atoms with Crippen molar-refractivity contribution in [3.05, 3.63) is 33.4 Å². The number of benzene rings is 1. The fourth-order valence-corrected chi connectivity index (χ4v) is 4.58. The third kappa shape index (κ3) is 7.80. The number of nitriles is 2. The Morgan fingerprint density at radius 3 is 0.933 bits per heavy atom. The van der Waals surface area contributed by atoms with Gasteiger partial charge in [-0.15, -0.1) is 0 Å². The largest absolute Gasteiger partial charge is 0.192 e. The molecule has 2 nitrogen and oxygen atoms in total. The van der Waals surface area contributed by atoms with Gasteiger partial charge in [-0.25, -0.2) is 0 Å². The van der Waals surface area contributed by atoms with Crippen LogP contribution in [0.3, 0.4) is 0 Å². The zero-order chi connectivity index (χ0) is 22.2. The molecule has 0 aliphatic carbocycles. The Bertz CT molecular complexity index is 642. The van der Waals surface area contributed by atoms with E-state index < -0.39 is 0 Å². The molecule has 0 N–H and O–H groups in total. The van der Waals surface area contributed by atoms with E-state index in [0.29, 0.717) is 11.1 Å². The van der Waals surface area contributed by atoms with Crippen molar-refractivity contribution in [2.45, 2.75) is 130 Å². The predicted octanol–water partition coefficient (Wildman–Crippen LogP) is 8.36. The molecule has 0 heterocycles. The molecule has 1 aromatic rings. The van der Waals surface area contributed by atoms with Crippen molar-refractivity contribution in [1.29, 1.82) is 10.5 Å². The number of hydrogen-bond acceptors (Lipinski definition) is 2. The van der Waals surface area contributed by atoms with E-state index in [0.717, 1.165) is 38.5 Å². The van der Waals surface area contributed by atoms with Gasteiger partial charge in [0.2, 0.25) is 0 Å². The maximum absolute atomic E-state index is 10.1.